The van der Waals surface area contributed by atoms with Gasteiger partial charge >= 0.3 is 0 Å². The summed E-state index contributed by atoms with van der Waals surface area (Å²) in [6.07, 6.45) is 5.19. The summed E-state index contributed by atoms with van der Waals surface area (Å²) in [6, 6.07) is 0. The summed E-state index contributed by atoms with van der Waals surface area (Å²) in [6.45, 7) is 0.787. The molecule has 0 saturated heterocycles. The molecule has 1 aromatic rings. The van der Waals surface area contributed by atoms with Crippen molar-refractivity contribution in [1.82, 2.24) is 14.9 Å². The lowest BCUT2D eigenvalue weighted by Gasteiger charge is -2.10. The summed E-state index contributed by atoms with van der Waals surface area (Å²) in [5.74, 6) is 1.79. The smallest absolute Gasteiger partial charge is 0.151 e. The number of hydrogen-bond acceptors (Lipinski definition) is 2. The lowest BCUT2D eigenvalue weighted by molar-refractivity contribution is 0.614. The van der Waals surface area contributed by atoms with Crippen molar-refractivity contribution < 1.29 is 0 Å². The first kappa shape index (κ1) is 11.0. The van der Waals surface area contributed by atoms with E-state index in [-0.39, 0.29) is 0 Å². The van der Waals surface area contributed by atoms with Crippen LogP contribution >= 0.6 is 11.6 Å². The van der Waals surface area contributed by atoms with Crippen LogP contribution < -0.4 is 5.32 Å². The van der Waals surface area contributed by atoms with Crippen molar-refractivity contribution >= 4 is 11.6 Å². The van der Waals surface area contributed by atoms with Crippen molar-refractivity contribution in [3.63, 3.8) is 0 Å². The minimum Gasteiger partial charge on any atom is -0.332 e. The van der Waals surface area contributed by atoms with Gasteiger partial charge < -0.3 is 9.88 Å². The van der Waals surface area contributed by atoms with E-state index in [0.29, 0.717) is 11.1 Å². The Morgan fingerprint density at radius 3 is 2.73 bits per heavy atom. The number of nitrogens with zero attached hydrogens (tertiary/aromatic N) is 2. The lowest BCUT2D eigenvalue weighted by atomic mass is 10.1. The van der Waals surface area contributed by atoms with Gasteiger partial charge in [0.15, 0.2) is 5.15 Å². The fourth-order valence-corrected chi connectivity index (χ4v) is 2.71. The second kappa shape index (κ2) is 4.54. The summed E-state index contributed by atoms with van der Waals surface area (Å²) < 4.78 is 2.16. The third-order valence-corrected chi connectivity index (χ3v) is 3.57. The topological polar surface area (TPSA) is 29.9 Å². The highest BCUT2D eigenvalue weighted by Gasteiger charge is 2.23. The largest absolute Gasteiger partial charge is 0.332 e. The number of nitrogens with one attached hydrogen (secondary N) is 1. The lowest BCUT2D eigenvalue weighted by Crippen LogP contribution is -2.11. The van der Waals surface area contributed by atoms with E-state index in [1.807, 2.05) is 7.05 Å². The van der Waals surface area contributed by atoms with E-state index in [9.17, 15) is 0 Å². The van der Waals surface area contributed by atoms with Gasteiger partial charge in [-0.15, -0.1) is 0 Å². The average molecular weight is 228 g/mol. The molecule has 1 saturated carbocycles. The van der Waals surface area contributed by atoms with E-state index in [4.69, 9.17) is 11.6 Å². The summed E-state index contributed by atoms with van der Waals surface area (Å²) in [5, 5.41) is 3.79. The van der Waals surface area contributed by atoms with Crippen LogP contribution in [-0.2, 0) is 13.6 Å². The number of aromatic nitrogens is 2. The van der Waals surface area contributed by atoms with Crippen LogP contribution in [-0.4, -0.2) is 16.6 Å². The predicted octanol–water partition coefficient (Wildman–Crippen LogP) is 2.45. The van der Waals surface area contributed by atoms with Crippen LogP contribution in [0.25, 0.3) is 0 Å². The second-order valence-electron chi connectivity index (χ2n) is 4.28. The molecule has 2 rings (SSSR count). The first-order valence-electron chi connectivity index (χ1n) is 5.59. The summed E-state index contributed by atoms with van der Waals surface area (Å²) >= 11 is 6.14. The maximum atomic E-state index is 6.14. The van der Waals surface area contributed by atoms with Gasteiger partial charge in [0.1, 0.15) is 5.82 Å². The van der Waals surface area contributed by atoms with Crippen LogP contribution in [0, 0.1) is 0 Å². The van der Waals surface area contributed by atoms with Gasteiger partial charge in [-0.25, -0.2) is 4.98 Å². The van der Waals surface area contributed by atoms with Crippen LogP contribution in [0.4, 0.5) is 0 Å². The second-order valence-corrected chi connectivity index (χ2v) is 4.64. The maximum Gasteiger partial charge on any atom is 0.151 e. The molecule has 0 aliphatic heterocycles. The zero-order chi connectivity index (χ0) is 10.8. The first-order valence-corrected chi connectivity index (χ1v) is 5.97. The molecular formula is C11H18ClN3. The monoisotopic (exact) mass is 227 g/mol. The van der Waals surface area contributed by atoms with E-state index in [2.05, 4.69) is 21.9 Å². The highest BCUT2D eigenvalue weighted by Crippen LogP contribution is 2.34. The zero-order valence-corrected chi connectivity index (χ0v) is 10.1. The van der Waals surface area contributed by atoms with Crippen molar-refractivity contribution in [2.24, 2.45) is 7.05 Å². The zero-order valence-electron chi connectivity index (χ0n) is 9.39. The Morgan fingerprint density at radius 2 is 2.13 bits per heavy atom. The highest BCUT2D eigenvalue weighted by molar-refractivity contribution is 6.30. The first-order chi connectivity index (χ1) is 7.24. The molecule has 84 valence electrons. The van der Waals surface area contributed by atoms with E-state index in [0.717, 1.165) is 12.2 Å². The average Bonchev–Trinajstić information content (AvgIpc) is 2.81. The number of halogens is 1. The Bertz CT molecular complexity index is 340. The van der Waals surface area contributed by atoms with Gasteiger partial charge in [-0.3, -0.25) is 0 Å². The van der Waals surface area contributed by atoms with Gasteiger partial charge in [0.25, 0.3) is 0 Å². The predicted molar refractivity (Wildman–Crippen MR) is 62.2 cm³/mol. The molecule has 1 fully saturated rings. The fourth-order valence-electron chi connectivity index (χ4n) is 2.42. The molecule has 0 atom stereocenters. The quantitative estimate of drug-likeness (QED) is 0.860. The summed E-state index contributed by atoms with van der Waals surface area (Å²) in [7, 11) is 4.00. The highest BCUT2D eigenvalue weighted by atomic mass is 35.5. The third kappa shape index (κ3) is 2.04. The molecule has 1 aromatic heterocycles. The molecule has 0 aromatic carbocycles. The van der Waals surface area contributed by atoms with Gasteiger partial charge in [-0.1, -0.05) is 24.4 Å². The Hall–Kier alpha value is -0.540. The normalized spacial score (nSPS) is 17.5. The van der Waals surface area contributed by atoms with E-state index in [1.165, 1.54) is 31.5 Å². The van der Waals surface area contributed by atoms with E-state index < -0.39 is 0 Å². The third-order valence-electron chi connectivity index (χ3n) is 3.26. The SMILES string of the molecule is CNCc1c(Cl)nc(C2CCCC2)n1C. The molecule has 0 bridgehead atoms. The van der Waals surface area contributed by atoms with Gasteiger partial charge in [0, 0.05) is 19.5 Å². The molecule has 0 spiro atoms. The van der Waals surface area contributed by atoms with Crippen LogP contribution in [0.3, 0.4) is 0 Å². The van der Waals surface area contributed by atoms with Crippen molar-refractivity contribution in [3.8, 4) is 0 Å². The molecule has 0 radical (unpaired) electrons. The Labute approximate surface area is 95.8 Å². The fraction of sp³-hybridized carbons (Fsp3) is 0.727. The molecule has 4 heteroatoms. The van der Waals surface area contributed by atoms with Gasteiger partial charge in [0.05, 0.1) is 5.69 Å². The molecule has 1 heterocycles. The molecule has 0 unspecified atom stereocenters. The van der Waals surface area contributed by atoms with Crippen molar-refractivity contribution in [2.45, 2.75) is 38.1 Å². The Kier molecular flexibility index (Phi) is 3.32. The summed E-state index contributed by atoms with van der Waals surface area (Å²) in [4.78, 5) is 4.50. The van der Waals surface area contributed by atoms with Gasteiger partial charge in [-0.05, 0) is 19.9 Å². The van der Waals surface area contributed by atoms with Crippen LogP contribution in [0.5, 0.6) is 0 Å². The number of rotatable bonds is 3. The van der Waals surface area contributed by atoms with Crippen molar-refractivity contribution in [3.05, 3.63) is 16.7 Å². The molecule has 1 N–H and O–H groups in total. The molecule has 1 aliphatic carbocycles. The number of hydrogen-bond donors (Lipinski definition) is 1. The van der Waals surface area contributed by atoms with Crippen LogP contribution in [0.2, 0.25) is 5.15 Å². The molecular weight excluding hydrogens is 210 g/mol. The van der Waals surface area contributed by atoms with Crippen molar-refractivity contribution in [1.29, 1.82) is 0 Å². The Morgan fingerprint density at radius 1 is 1.47 bits per heavy atom. The van der Waals surface area contributed by atoms with E-state index in [1.54, 1.807) is 0 Å². The van der Waals surface area contributed by atoms with Crippen LogP contribution in [0.1, 0.15) is 43.1 Å². The molecule has 15 heavy (non-hydrogen) atoms. The van der Waals surface area contributed by atoms with E-state index >= 15 is 0 Å². The standard InChI is InChI=1S/C11H18ClN3/c1-13-7-9-10(12)14-11(15(9)2)8-5-3-4-6-8/h8,13H,3-7H2,1-2H3. The van der Waals surface area contributed by atoms with Gasteiger partial charge in [-0.2, -0.15) is 0 Å². The van der Waals surface area contributed by atoms with Gasteiger partial charge in [0.2, 0.25) is 0 Å². The maximum absolute atomic E-state index is 6.14. The van der Waals surface area contributed by atoms with Crippen LogP contribution in [0.15, 0.2) is 0 Å². The minimum atomic E-state index is 0.623. The minimum absolute atomic E-state index is 0.623. The number of imidazole rings is 1. The van der Waals surface area contributed by atoms with Crippen molar-refractivity contribution in [2.75, 3.05) is 7.05 Å². The molecule has 1 aliphatic rings. The molecule has 3 nitrogen and oxygen atoms in total. The molecule has 0 amide bonds. The Balaban J connectivity index is 2.27. The summed E-state index contributed by atoms with van der Waals surface area (Å²) in [5.41, 5.74) is 1.10.